The lowest BCUT2D eigenvalue weighted by atomic mass is 9.81. The van der Waals surface area contributed by atoms with Gasteiger partial charge < -0.3 is 0 Å². The predicted octanol–water partition coefficient (Wildman–Crippen LogP) is 21.6. The van der Waals surface area contributed by atoms with Crippen molar-refractivity contribution in [1.82, 2.24) is 0 Å². The van der Waals surface area contributed by atoms with E-state index in [-0.39, 0.29) is 11.0 Å². The third kappa shape index (κ3) is 15.4. The van der Waals surface area contributed by atoms with Crippen molar-refractivity contribution in [2.75, 3.05) is 0 Å². The first-order valence-corrected chi connectivity index (χ1v) is 26.0. The molecule has 10 rings (SSSR count). The molecular weight excluding hydrogens is 1000 g/mol. The zero-order valence-corrected chi connectivity index (χ0v) is 47.8. The number of aryl methyl sites for hydroxylation is 13. The second-order valence-corrected chi connectivity index (χ2v) is 21.6. The van der Waals surface area contributed by atoms with Crippen LogP contribution in [0.4, 0.5) is 39.5 Å². The molecule has 8 aromatic carbocycles. The number of fused-ring (bicyclic) bond motifs is 6. The number of alkyl halides is 9. The van der Waals surface area contributed by atoms with Gasteiger partial charge in [0.05, 0.1) is 16.7 Å². The number of rotatable bonds is 0. The Bertz CT molecular complexity index is 3200. The minimum Gasteiger partial charge on any atom is -0.166 e. The fourth-order valence-corrected chi connectivity index (χ4v) is 9.82. The van der Waals surface area contributed by atoms with Crippen LogP contribution in [0.25, 0.3) is 22.3 Å². The Morgan fingerprint density at radius 2 is 0.590 bits per heavy atom. The average Bonchev–Trinajstić information content (AvgIpc) is 3.75. The number of hydrogen-bond donors (Lipinski definition) is 0. The van der Waals surface area contributed by atoms with E-state index in [1.165, 1.54) is 108 Å². The second-order valence-electron chi connectivity index (χ2n) is 21.6. The minimum atomic E-state index is -5.00. The average molecular weight is 1070 g/mol. The van der Waals surface area contributed by atoms with Crippen LogP contribution in [0.5, 0.6) is 0 Å². The summed E-state index contributed by atoms with van der Waals surface area (Å²) >= 11 is 0. The summed E-state index contributed by atoms with van der Waals surface area (Å²) in [5, 5.41) is 0. The van der Waals surface area contributed by atoms with E-state index < -0.39 is 46.3 Å². The first-order valence-electron chi connectivity index (χ1n) is 26.0. The Labute approximate surface area is 457 Å². The van der Waals surface area contributed by atoms with E-state index in [1.807, 2.05) is 0 Å². The number of halogens is 9. The summed E-state index contributed by atoms with van der Waals surface area (Å²) in [4.78, 5) is 0. The molecule has 0 fully saturated rings. The van der Waals surface area contributed by atoms with Gasteiger partial charge in [-0.05, 0) is 168 Å². The molecule has 0 radical (unpaired) electrons. The van der Waals surface area contributed by atoms with Crippen molar-refractivity contribution in [3.8, 4) is 22.3 Å². The van der Waals surface area contributed by atoms with Crippen molar-refractivity contribution in [2.24, 2.45) is 0 Å². The van der Waals surface area contributed by atoms with Gasteiger partial charge in [-0.1, -0.05) is 205 Å². The van der Waals surface area contributed by atoms with Crippen molar-refractivity contribution in [2.45, 2.75) is 141 Å². The smallest absolute Gasteiger partial charge is 0.166 e. The van der Waals surface area contributed by atoms with Crippen LogP contribution in [-0.2, 0) is 23.9 Å². The first-order chi connectivity index (χ1) is 36.1. The van der Waals surface area contributed by atoms with E-state index in [1.54, 1.807) is 13.0 Å². The van der Waals surface area contributed by atoms with Crippen LogP contribution in [0, 0.1) is 90.0 Å². The molecule has 8 aromatic rings. The summed E-state index contributed by atoms with van der Waals surface area (Å²) in [6, 6.07) is 48.6. The van der Waals surface area contributed by atoms with E-state index >= 15 is 0 Å². The highest BCUT2D eigenvalue weighted by Gasteiger charge is 2.45. The minimum absolute atomic E-state index is 0.142. The summed E-state index contributed by atoms with van der Waals surface area (Å²) < 4.78 is 112. The molecule has 0 spiro atoms. The molecule has 0 saturated carbocycles. The zero-order chi connectivity index (χ0) is 58.4. The SMILES string of the molecule is Cc1ccc(C)c(C(F)(F)F)c1.Cc1ccc(C)c(C(F)(F)F)c1C(F)(F)F.Cc1ccc(C)c(C)c1.Cc1ccc(C)cc1.Cc1ccc2c(c1)C(C)(C)c1cc(C)ccc1-2.Cc1ccc2c(c1)C(C)c1cc(C)ccc1-2. The normalized spacial score (nSPS) is 12.7. The molecule has 0 unspecified atom stereocenters. The van der Waals surface area contributed by atoms with Crippen LogP contribution in [0.1, 0.15) is 138 Å². The van der Waals surface area contributed by atoms with Crippen LogP contribution >= 0.6 is 0 Å². The summed E-state index contributed by atoms with van der Waals surface area (Å²) in [5.41, 5.74) is 20.2. The van der Waals surface area contributed by atoms with E-state index in [9.17, 15) is 39.5 Å². The lowest BCUT2D eigenvalue weighted by molar-refractivity contribution is -0.162. The van der Waals surface area contributed by atoms with Crippen LogP contribution in [0.15, 0.2) is 146 Å². The first kappa shape index (κ1) is 62.0. The molecule has 2 aliphatic rings. The molecule has 0 bridgehead atoms. The Hall–Kier alpha value is -6.87. The third-order valence-corrected chi connectivity index (χ3v) is 14.4. The summed E-state index contributed by atoms with van der Waals surface area (Å²) in [6.45, 7) is 31.4. The van der Waals surface area contributed by atoms with Gasteiger partial charge in [0.2, 0.25) is 0 Å². The van der Waals surface area contributed by atoms with Crippen LogP contribution in [0.3, 0.4) is 0 Å². The van der Waals surface area contributed by atoms with E-state index in [4.69, 9.17) is 0 Å². The van der Waals surface area contributed by atoms with Gasteiger partial charge in [0.15, 0.2) is 0 Å². The van der Waals surface area contributed by atoms with Crippen molar-refractivity contribution in [3.63, 3.8) is 0 Å². The molecule has 0 heterocycles. The van der Waals surface area contributed by atoms with Gasteiger partial charge in [0, 0.05) is 11.3 Å². The molecule has 0 amide bonds. The fourth-order valence-electron chi connectivity index (χ4n) is 9.82. The van der Waals surface area contributed by atoms with Gasteiger partial charge >= 0.3 is 18.5 Å². The van der Waals surface area contributed by atoms with Crippen LogP contribution in [0.2, 0.25) is 0 Å². The monoisotopic (exact) mass is 1070 g/mol. The van der Waals surface area contributed by atoms with Gasteiger partial charge in [-0.2, -0.15) is 39.5 Å². The third-order valence-electron chi connectivity index (χ3n) is 14.4. The van der Waals surface area contributed by atoms with Gasteiger partial charge in [-0.25, -0.2) is 0 Å². The molecule has 0 aliphatic heterocycles. The van der Waals surface area contributed by atoms with Crippen molar-refractivity contribution in [1.29, 1.82) is 0 Å². The summed E-state index contributed by atoms with van der Waals surface area (Å²) in [5.74, 6) is 0.546. The molecule has 9 heteroatoms. The maximum atomic E-state index is 12.5. The van der Waals surface area contributed by atoms with Crippen molar-refractivity contribution in [3.05, 3.63) is 257 Å². The fraction of sp³-hybridized carbons (Fsp3) is 0.304. The van der Waals surface area contributed by atoms with Crippen molar-refractivity contribution < 1.29 is 39.5 Å². The molecule has 0 atom stereocenters. The molecule has 0 saturated heterocycles. The number of benzene rings is 8. The zero-order valence-electron chi connectivity index (χ0n) is 47.8. The molecule has 412 valence electrons. The maximum Gasteiger partial charge on any atom is 0.417 e. The molecule has 0 aromatic heterocycles. The highest BCUT2D eigenvalue weighted by Crippen LogP contribution is 2.49. The van der Waals surface area contributed by atoms with Crippen LogP contribution in [-0.4, -0.2) is 0 Å². The molecule has 2 aliphatic carbocycles. The van der Waals surface area contributed by atoms with Gasteiger partial charge in [0.25, 0.3) is 0 Å². The Kier molecular flexibility index (Phi) is 19.7. The maximum absolute atomic E-state index is 12.5. The second kappa shape index (κ2) is 24.9. The topological polar surface area (TPSA) is 0 Å². The Balaban J connectivity index is 0.000000176. The molecule has 78 heavy (non-hydrogen) atoms. The highest BCUT2D eigenvalue weighted by molar-refractivity contribution is 5.81. The van der Waals surface area contributed by atoms with Crippen molar-refractivity contribution >= 4 is 0 Å². The quantitative estimate of drug-likeness (QED) is 0.133. The highest BCUT2D eigenvalue weighted by atomic mass is 19.4. The van der Waals surface area contributed by atoms with E-state index in [0.29, 0.717) is 11.5 Å². The molecular formula is C69H73F9. The van der Waals surface area contributed by atoms with Gasteiger partial charge in [0.1, 0.15) is 0 Å². The molecule has 0 nitrogen and oxygen atoms in total. The van der Waals surface area contributed by atoms with E-state index in [0.717, 1.165) is 32.0 Å². The lowest BCUT2D eigenvalue weighted by Crippen LogP contribution is -2.19. The lowest BCUT2D eigenvalue weighted by Gasteiger charge is -2.22. The predicted molar refractivity (Wildman–Crippen MR) is 306 cm³/mol. The van der Waals surface area contributed by atoms with Crippen LogP contribution < -0.4 is 0 Å². The summed E-state index contributed by atoms with van der Waals surface area (Å²) in [7, 11) is 0. The van der Waals surface area contributed by atoms with E-state index in [2.05, 4.69) is 198 Å². The van der Waals surface area contributed by atoms with Gasteiger partial charge in [-0.15, -0.1) is 0 Å². The standard InChI is InChI=1S/C17H18.C16H16.C10H8F6.C9H9F3.C9H12.C8H10/c1-11-5-7-13-14-8-6-12(2)10-16(14)17(3,4)15(13)9-11;1-10-4-6-13-14-7-5-11(2)9-16(14)12(3)15(13)8-10;1-5-3-4-6(2)8(10(14,15)16)7(5)9(11,12)13;1-6-3-4-7(2)8(5-6)9(10,11)12;1-7-4-5-8(2)9(3)6-7;1-7-3-5-8(2)6-4-7/h5-10H,1-4H3;4-9,12H,1-3H3;3-4H,1-2H3;3-5H,1-2H3;4-6H,1-3H3;3-6H,1-2H3. The summed E-state index contributed by atoms with van der Waals surface area (Å²) in [6.07, 6.45) is -14.2. The Morgan fingerprint density at radius 3 is 0.923 bits per heavy atom. The number of hydrogen-bond acceptors (Lipinski definition) is 0. The van der Waals surface area contributed by atoms with Gasteiger partial charge in [-0.3, -0.25) is 0 Å². The Morgan fingerprint density at radius 1 is 0.295 bits per heavy atom. The molecule has 0 N–H and O–H groups in total. The largest absolute Gasteiger partial charge is 0.417 e.